The number of carbonyl (C=O) groups is 1. The zero-order chi connectivity index (χ0) is 11.1. The molecule has 0 aliphatic carbocycles. The van der Waals surface area contributed by atoms with Crippen molar-refractivity contribution in [1.82, 2.24) is 9.97 Å². The summed E-state index contributed by atoms with van der Waals surface area (Å²) in [4.78, 5) is 19.2. The second-order valence-corrected chi connectivity index (χ2v) is 3.00. The van der Waals surface area contributed by atoms with E-state index in [2.05, 4.69) is 15.3 Å². The number of aromatic nitrogens is 2. The van der Waals surface area contributed by atoms with Crippen molar-refractivity contribution in [2.75, 3.05) is 24.3 Å². The molecule has 0 aromatic carbocycles. The summed E-state index contributed by atoms with van der Waals surface area (Å²) in [6, 6.07) is 0. The molecule has 1 aromatic heterocycles. The first-order valence-electron chi connectivity index (χ1n) is 4.56. The second-order valence-electron chi connectivity index (χ2n) is 2.62. The number of hydrogen-bond acceptors (Lipinski definition) is 5. The quantitative estimate of drug-likeness (QED) is 0.609. The van der Waals surface area contributed by atoms with E-state index in [9.17, 15) is 4.79 Å². The van der Waals surface area contributed by atoms with Gasteiger partial charge < -0.3 is 10.1 Å². The number of ether oxygens (including phenoxy) is 1. The van der Waals surface area contributed by atoms with Gasteiger partial charge in [0.2, 0.25) is 0 Å². The van der Waals surface area contributed by atoms with Crippen molar-refractivity contribution in [1.29, 1.82) is 0 Å². The van der Waals surface area contributed by atoms with Gasteiger partial charge in [-0.1, -0.05) is 0 Å². The number of hydrogen-bond donors (Lipinski definition) is 1. The number of alkyl halides is 1. The fourth-order valence-corrected chi connectivity index (χ4v) is 1.09. The van der Waals surface area contributed by atoms with E-state index in [1.165, 1.54) is 12.5 Å². The summed E-state index contributed by atoms with van der Waals surface area (Å²) in [5.74, 6) is 0.450. The summed E-state index contributed by atoms with van der Waals surface area (Å²) in [5.41, 5.74) is 0.324. The summed E-state index contributed by atoms with van der Waals surface area (Å²) in [5, 5.41) is 2.92. The molecule has 15 heavy (non-hydrogen) atoms. The lowest BCUT2D eigenvalue weighted by molar-refractivity contribution is 0.0526. The van der Waals surface area contributed by atoms with Crippen molar-refractivity contribution in [3.05, 3.63) is 18.1 Å². The topological polar surface area (TPSA) is 64.1 Å². The lowest BCUT2D eigenvalue weighted by atomic mass is 10.3. The molecule has 82 valence electrons. The van der Waals surface area contributed by atoms with Crippen LogP contribution in [0.2, 0.25) is 0 Å². The van der Waals surface area contributed by atoms with Gasteiger partial charge in [-0.05, 0) is 6.92 Å². The van der Waals surface area contributed by atoms with E-state index in [0.29, 0.717) is 30.4 Å². The monoisotopic (exact) mass is 229 g/mol. The molecule has 1 aromatic rings. The highest BCUT2D eigenvalue weighted by Crippen LogP contribution is 2.11. The molecule has 0 fully saturated rings. The molecule has 0 radical (unpaired) electrons. The normalized spacial score (nSPS) is 9.73. The zero-order valence-electron chi connectivity index (χ0n) is 8.36. The largest absolute Gasteiger partial charge is 0.462 e. The molecule has 0 bridgehead atoms. The van der Waals surface area contributed by atoms with Gasteiger partial charge in [0, 0.05) is 18.6 Å². The maximum atomic E-state index is 11.5. The summed E-state index contributed by atoms with van der Waals surface area (Å²) in [6.07, 6.45) is 2.78. The molecule has 0 aliphatic heterocycles. The second kappa shape index (κ2) is 6.19. The molecule has 0 atom stereocenters. The number of anilines is 1. The number of carbonyl (C=O) groups excluding carboxylic acids is 1. The van der Waals surface area contributed by atoms with E-state index in [0.717, 1.165) is 0 Å². The highest BCUT2D eigenvalue weighted by atomic mass is 35.5. The van der Waals surface area contributed by atoms with E-state index in [4.69, 9.17) is 16.3 Å². The fourth-order valence-electron chi connectivity index (χ4n) is 0.994. The Morgan fingerprint density at radius 2 is 2.47 bits per heavy atom. The van der Waals surface area contributed by atoms with E-state index in [1.807, 2.05) is 0 Å². The maximum Gasteiger partial charge on any atom is 0.343 e. The summed E-state index contributed by atoms with van der Waals surface area (Å²) in [7, 11) is 0. The molecule has 0 saturated carbocycles. The van der Waals surface area contributed by atoms with Crippen molar-refractivity contribution < 1.29 is 9.53 Å². The molecule has 0 amide bonds. The van der Waals surface area contributed by atoms with Gasteiger partial charge in [0.05, 0.1) is 6.61 Å². The minimum atomic E-state index is -0.435. The lowest BCUT2D eigenvalue weighted by Crippen LogP contribution is -2.13. The minimum absolute atomic E-state index is 0.322. The first kappa shape index (κ1) is 11.7. The van der Waals surface area contributed by atoms with Crippen LogP contribution in [0.1, 0.15) is 17.3 Å². The zero-order valence-corrected chi connectivity index (χ0v) is 9.12. The van der Waals surface area contributed by atoms with Gasteiger partial charge in [-0.2, -0.15) is 0 Å². The average molecular weight is 230 g/mol. The van der Waals surface area contributed by atoms with Crippen LogP contribution in [0.3, 0.4) is 0 Å². The van der Waals surface area contributed by atoms with Crippen LogP contribution in [-0.2, 0) is 4.74 Å². The first-order chi connectivity index (χ1) is 7.29. The number of rotatable bonds is 5. The molecular weight excluding hydrogens is 218 g/mol. The van der Waals surface area contributed by atoms with Gasteiger partial charge in [-0.25, -0.2) is 14.8 Å². The molecule has 1 N–H and O–H groups in total. The van der Waals surface area contributed by atoms with Crippen LogP contribution in [-0.4, -0.2) is 35.0 Å². The molecule has 0 unspecified atom stereocenters. The van der Waals surface area contributed by atoms with Crippen molar-refractivity contribution in [3.8, 4) is 0 Å². The van der Waals surface area contributed by atoms with Crippen molar-refractivity contribution in [3.63, 3.8) is 0 Å². The van der Waals surface area contributed by atoms with Gasteiger partial charge in [-0.15, -0.1) is 11.6 Å². The van der Waals surface area contributed by atoms with E-state index < -0.39 is 5.97 Å². The Hall–Kier alpha value is -1.36. The van der Waals surface area contributed by atoms with Crippen LogP contribution in [0, 0.1) is 0 Å². The fraction of sp³-hybridized carbons (Fsp3) is 0.444. The maximum absolute atomic E-state index is 11.5. The van der Waals surface area contributed by atoms with Crippen LogP contribution in [0.15, 0.2) is 12.5 Å². The van der Waals surface area contributed by atoms with Crippen molar-refractivity contribution >= 4 is 23.4 Å². The summed E-state index contributed by atoms with van der Waals surface area (Å²) in [6.45, 7) is 2.60. The number of esters is 1. The van der Waals surface area contributed by atoms with Gasteiger partial charge in [0.1, 0.15) is 17.7 Å². The molecule has 1 heterocycles. The Morgan fingerprint density at radius 1 is 1.67 bits per heavy atom. The van der Waals surface area contributed by atoms with Crippen LogP contribution in [0.4, 0.5) is 5.82 Å². The molecule has 0 spiro atoms. The first-order valence-corrected chi connectivity index (χ1v) is 5.10. The standard InChI is InChI=1S/C9H12ClN3O2/c1-2-15-9(14)7-5-11-6-13-8(7)12-4-3-10/h5-6H,2-4H2,1H3,(H,11,12,13). The molecule has 1 rings (SSSR count). The van der Waals surface area contributed by atoms with Gasteiger partial charge in [0.15, 0.2) is 0 Å². The highest BCUT2D eigenvalue weighted by molar-refractivity contribution is 6.18. The Labute approximate surface area is 92.8 Å². The van der Waals surface area contributed by atoms with Crippen molar-refractivity contribution in [2.24, 2.45) is 0 Å². The molecule has 5 nitrogen and oxygen atoms in total. The third-order valence-electron chi connectivity index (χ3n) is 1.59. The summed E-state index contributed by atoms with van der Waals surface area (Å²) < 4.78 is 4.86. The Balaban J connectivity index is 2.80. The SMILES string of the molecule is CCOC(=O)c1cncnc1NCCCl. The summed E-state index contributed by atoms with van der Waals surface area (Å²) >= 11 is 5.52. The predicted molar refractivity (Wildman–Crippen MR) is 57.2 cm³/mol. The van der Waals surface area contributed by atoms with Crippen molar-refractivity contribution in [2.45, 2.75) is 6.92 Å². The minimum Gasteiger partial charge on any atom is -0.462 e. The van der Waals surface area contributed by atoms with E-state index in [-0.39, 0.29) is 0 Å². The number of nitrogens with zero attached hydrogens (tertiary/aromatic N) is 2. The Kier molecular flexibility index (Phi) is 4.83. The Morgan fingerprint density at radius 3 is 3.13 bits per heavy atom. The lowest BCUT2D eigenvalue weighted by Gasteiger charge is -2.07. The Bertz CT molecular complexity index is 333. The van der Waals surface area contributed by atoms with Crippen LogP contribution in [0.5, 0.6) is 0 Å². The van der Waals surface area contributed by atoms with Crippen LogP contribution in [0.25, 0.3) is 0 Å². The third kappa shape index (κ3) is 3.36. The highest BCUT2D eigenvalue weighted by Gasteiger charge is 2.13. The third-order valence-corrected chi connectivity index (χ3v) is 1.78. The van der Waals surface area contributed by atoms with Gasteiger partial charge in [-0.3, -0.25) is 0 Å². The van der Waals surface area contributed by atoms with E-state index >= 15 is 0 Å². The smallest absolute Gasteiger partial charge is 0.343 e. The van der Waals surface area contributed by atoms with Gasteiger partial charge >= 0.3 is 5.97 Å². The molecular formula is C9H12ClN3O2. The average Bonchev–Trinajstić information content (AvgIpc) is 2.27. The number of halogens is 1. The molecule has 0 saturated heterocycles. The number of nitrogens with one attached hydrogen (secondary N) is 1. The van der Waals surface area contributed by atoms with Crippen LogP contribution >= 0.6 is 11.6 Å². The van der Waals surface area contributed by atoms with Crippen LogP contribution < -0.4 is 5.32 Å². The molecule has 0 aliphatic rings. The predicted octanol–water partition coefficient (Wildman–Crippen LogP) is 1.30. The molecule has 6 heteroatoms. The van der Waals surface area contributed by atoms with Gasteiger partial charge in [0.25, 0.3) is 0 Å². The van der Waals surface area contributed by atoms with E-state index in [1.54, 1.807) is 6.92 Å².